The maximum absolute atomic E-state index is 13.4. The molecule has 1 fully saturated rings. The Morgan fingerprint density at radius 2 is 1.69 bits per heavy atom. The van der Waals surface area contributed by atoms with Crippen molar-refractivity contribution in [3.63, 3.8) is 0 Å². The molecule has 0 radical (unpaired) electrons. The Labute approximate surface area is 249 Å². The maximum Gasteiger partial charge on any atom is 0.408 e. The normalized spacial score (nSPS) is 16.3. The molecule has 1 aliphatic heterocycles. The molecule has 11 nitrogen and oxygen atoms in total. The molecular weight excluding hydrogens is 556 g/mol. The van der Waals surface area contributed by atoms with Crippen LogP contribution in [0.4, 0.5) is 4.79 Å². The number of aromatic nitrogens is 2. The monoisotopic (exact) mass is 592 g/mol. The number of hydrogen-bond donors (Lipinski definition) is 3. The second-order valence-corrected chi connectivity index (χ2v) is 12.3. The molecule has 0 aliphatic carbocycles. The molecule has 1 aliphatic rings. The summed E-state index contributed by atoms with van der Waals surface area (Å²) in [6.45, 7) is 9.33. The van der Waals surface area contributed by atoms with Crippen LogP contribution in [0.2, 0.25) is 0 Å². The lowest BCUT2D eigenvalue weighted by molar-refractivity contribution is -0.139. The van der Waals surface area contributed by atoms with Crippen molar-refractivity contribution in [1.82, 2.24) is 31.0 Å². The number of hydrazine groups is 1. The molecular formula is C30H36N6O5S. The Morgan fingerprint density at radius 3 is 2.36 bits per heavy atom. The molecule has 4 rings (SSSR count). The molecule has 0 spiro atoms. The van der Waals surface area contributed by atoms with Gasteiger partial charge >= 0.3 is 6.09 Å². The van der Waals surface area contributed by atoms with E-state index in [9.17, 15) is 19.2 Å². The first-order valence-corrected chi connectivity index (χ1v) is 14.6. The molecule has 0 saturated carbocycles. The van der Waals surface area contributed by atoms with Gasteiger partial charge in [-0.05, 0) is 65.2 Å². The number of nitrogens with zero attached hydrogens (tertiary/aromatic N) is 3. The summed E-state index contributed by atoms with van der Waals surface area (Å²) in [6, 6.07) is 13.5. The molecule has 4 amide bonds. The molecule has 2 aromatic heterocycles. The van der Waals surface area contributed by atoms with E-state index in [2.05, 4.69) is 26.1 Å². The quantitative estimate of drug-likeness (QED) is 0.351. The number of thiazole rings is 1. The Hall–Kier alpha value is -4.32. The maximum atomic E-state index is 13.4. The van der Waals surface area contributed by atoms with E-state index in [-0.39, 0.29) is 29.8 Å². The number of aryl methyl sites for hydroxylation is 1. The van der Waals surface area contributed by atoms with Crippen molar-refractivity contribution in [1.29, 1.82) is 0 Å². The van der Waals surface area contributed by atoms with Gasteiger partial charge in [-0.25, -0.2) is 14.8 Å². The molecule has 1 saturated heterocycles. The number of hydrogen-bond acceptors (Lipinski definition) is 8. The number of likely N-dealkylation sites (tertiary alicyclic amines) is 1. The topological polar surface area (TPSA) is 143 Å². The van der Waals surface area contributed by atoms with Crippen LogP contribution in [0.15, 0.2) is 53.9 Å². The zero-order valence-corrected chi connectivity index (χ0v) is 25.2. The highest BCUT2D eigenvalue weighted by atomic mass is 32.1. The van der Waals surface area contributed by atoms with Gasteiger partial charge in [0.25, 0.3) is 17.7 Å². The van der Waals surface area contributed by atoms with Gasteiger partial charge in [-0.3, -0.25) is 25.2 Å². The van der Waals surface area contributed by atoms with Gasteiger partial charge in [0, 0.05) is 29.6 Å². The summed E-state index contributed by atoms with van der Waals surface area (Å²) < 4.78 is 5.59. The third kappa shape index (κ3) is 7.69. The summed E-state index contributed by atoms with van der Waals surface area (Å²) in [5, 5.41) is 5.52. The van der Waals surface area contributed by atoms with Crippen molar-refractivity contribution >= 4 is 35.2 Å². The van der Waals surface area contributed by atoms with E-state index < -0.39 is 29.0 Å². The minimum absolute atomic E-state index is 0.0573. The molecule has 42 heavy (non-hydrogen) atoms. The fraction of sp³-hybridized carbons (Fsp3) is 0.400. The third-order valence-electron chi connectivity index (χ3n) is 6.59. The lowest BCUT2D eigenvalue weighted by Crippen LogP contribution is -2.56. The minimum atomic E-state index is -1.66. The average Bonchev–Trinajstić information content (AvgIpc) is 3.59. The van der Waals surface area contributed by atoms with Crippen molar-refractivity contribution < 1.29 is 23.9 Å². The van der Waals surface area contributed by atoms with E-state index in [1.807, 2.05) is 42.6 Å². The van der Waals surface area contributed by atoms with Crippen LogP contribution in [0.3, 0.4) is 0 Å². The Bertz CT molecular complexity index is 1450. The lowest BCUT2D eigenvalue weighted by Gasteiger charge is -2.30. The number of amides is 4. The van der Waals surface area contributed by atoms with Crippen LogP contribution < -0.4 is 16.2 Å². The summed E-state index contributed by atoms with van der Waals surface area (Å²) in [6.07, 6.45) is 0.940. The molecule has 222 valence electrons. The molecule has 12 heteroatoms. The van der Waals surface area contributed by atoms with Crippen molar-refractivity contribution in [2.75, 3.05) is 6.54 Å². The van der Waals surface area contributed by atoms with Crippen LogP contribution in [0, 0.1) is 6.92 Å². The molecule has 0 bridgehead atoms. The van der Waals surface area contributed by atoms with E-state index in [1.165, 1.54) is 24.3 Å². The average molecular weight is 593 g/mol. The summed E-state index contributed by atoms with van der Waals surface area (Å²) >= 11 is 1.52. The van der Waals surface area contributed by atoms with Crippen molar-refractivity contribution in [3.8, 4) is 0 Å². The molecule has 3 heterocycles. The van der Waals surface area contributed by atoms with Crippen LogP contribution in [0.1, 0.15) is 83.8 Å². The zero-order valence-electron chi connectivity index (χ0n) is 24.4. The number of rotatable bonds is 7. The third-order valence-corrected chi connectivity index (χ3v) is 7.65. The van der Waals surface area contributed by atoms with Gasteiger partial charge in [0.2, 0.25) is 0 Å². The second-order valence-electron chi connectivity index (χ2n) is 11.5. The summed E-state index contributed by atoms with van der Waals surface area (Å²) in [5.41, 5.74) is 4.18. The second kappa shape index (κ2) is 12.7. The fourth-order valence-electron chi connectivity index (χ4n) is 4.61. The highest BCUT2D eigenvalue weighted by Crippen LogP contribution is 2.34. The van der Waals surface area contributed by atoms with Gasteiger partial charge in [0.15, 0.2) is 5.60 Å². The van der Waals surface area contributed by atoms with E-state index >= 15 is 0 Å². The zero-order chi connectivity index (χ0) is 30.5. The first-order valence-electron chi connectivity index (χ1n) is 13.7. The Kier molecular flexibility index (Phi) is 9.25. The van der Waals surface area contributed by atoms with Gasteiger partial charge < -0.3 is 15.0 Å². The number of pyridine rings is 1. The number of nitrogens with one attached hydrogen (secondary N) is 3. The molecule has 0 unspecified atom stereocenters. The van der Waals surface area contributed by atoms with Crippen LogP contribution >= 0.6 is 11.3 Å². The van der Waals surface area contributed by atoms with E-state index in [1.54, 1.807) is 37.8 Å². The Balaban J connectivity index is 1.45. The van der Waals surface area contributed by atoms with Crippen LogP contribution in [-0.2, 0) is 16.0 Å². The smallest absolute Gasteiger partial charge is 0.408 e. The molecule has 1 aromatic carbocycles. The number of carbonyl (C=O) groups is 4. The predicted octanol–water partition coefficient (Wildman–Crippen LogP) is 4.11. The number of carbonyl (C=O) groups excluding carboxylic acids is 4. The lowest BCUT2D eigenvalue weighted by atomic mass is 9.95. The van der Waals surface area contributed by atoms with Crippen molar-refractivity contribution in [2.24, 2.45) is 0 Å². The minimum Gasteiger partial charge on any atom is -0.433 e. The highest BCUT2D eigenvalue weighted by Gasteiger charge is 2.39. The summed E-state index contributed by atoms with van der Waals surface area (Å²) in [5.74, 6) is -1.76. The van der Waals surface area contributed by atoms with Gasteiger partial charge in [-0.15, -0.1) is 11.3 Å². The largest absolute Gasteiger partial charge is 0.433 e. The Morgan fingerprint density at radius 1 is 0.976 bits per heavy atom. The fourth-order valence-corrected chi connectivity index (χ4v) is 5.56. The van der Waals surface area contributed by atoms with E-state index in [0.717, 1.165) is 29.1 Å². The van der Waals surface area contributed by atoms with Crippen molar-refractivity contribution in [2.45, 2.75) is 71.1 Å². The van der Waals surface area contributed by atoms with Crippen LogP contribution in [0.5, 0.6) is 0 Å². The first-order chi connectivity index (χ1) is 19.8. The number of ether oxygens (including phenoxy) is 1. The standard InChI is InChI=1S/C30H36N6O5S/c1-19-18-42-25(31-19)23-15-10-16-36(23)26(38)22-14-9-13-21(32-22)24(37)34-35-27(39)30(5,17-20-11-7-6-8-12-20)41-28(40)33-29(2,3)4/h6-9,11-14,18,23H,10,15-17H2,1-5H3,(H,33,40)(H,34,37)(H,35,39)/t23-,30-/m1/s1. The van der Waals surface area contributed by atoms with Gasteiger partial charge in [0.1, 0.15) is 16.4 Å². The number of alkyl carbamates (subject to hydrolysis) is 1. The van der Waals surface area contributed by atoms with E-state index in [0.29, 0.717) is 6.54 Å². The van der Waals surface area contributed by atoms with Gasteiger partial charge in [0.05, 0.1) is 6.04 Å². The molecule has 3 N–H and O–H groups in total. The van der Waals surface area contributed by atoms with E-state index in [4.69, 9.17) is 4.74 Å². The van der Waals surface area contributed by atoms with Gasteiger partial charge in [-0.2, -0.15) is 0 Å². The summed E-state index contributed by atoms with van der Waals surface area (Å²) in [4.78, 5) is 62.8. The first kappa shape index (κ1) is 30.6. The van der Waals surface area contributed by atoms with Gasteiger partial charge in [-0.1, -0.05) is 36.4 Å². The summed E-state index contributed by atoms with van der Waals surface area (Å²) in [7, 11) is 0. The molecule has 3 aromatic rings. The molecule has 2 atom stereocenters. The predicted molar refractivity (Wildman–Crippen MR) is 158 cm³/mol. The van der Waals surface area contributed by atoms with Crippen LogP contribution in [0.25, 0.3) is 0 Å². The SMILES string of the molecule is Cc1csc([C@H]2CCCN2C(=O)c2cccc(C(=O)NNC(=O)[C@@](C)(Cc3ccccc3)OC(=O)NC(C)(C)C)n2)n1. The number of benzene rings is 1. The van der Waals surface area contributed by atoms with Crippen molar-refractivity contribution in [3.05, 3.63) is 81.6 Å². The van der Waals surface area contributed by atoms with Crippen LogP contribution in [-0.4, -0.2) is 56.4 Å². The highest BCUT2D eigenvalue weighted by molar-refractivity contribution is 7.09.